The number of rotatable bonds is 7. The van der Waals surface area contributed by atoms with E-state index in [1.54, 1.807) is 6.92 Å². The summed E-state index contributed by atoms with van der Waals surface area (Å²) in [5, 5.41) is 30.9. The average Bonchev–Trinajstić information content (AvgIpc) is 2.31. The Morgan fingerprint density at radius 3 is 2.38 bits per heavy atom. The standard InChI is InChI=1S/C12H18N2O5.2Na/c1-2-7(11(17)18)5-3-4-6-8-9(15)13-12(19)14-10(8)16;;/h7-8H,2-6H2,1H3,(H,17,18)(H2,13,14,15,16,19);;/q;2*+1/p-2. The van der Waals surface area contributed by atoms with Crippen LogP contribution in [0.1, 0.15) is 39.0 Å². The first-order valence-electron chi connectivity index (χ1n) is 6.23. The molecule has 1 rings (SSSR count). The summed E-state index contributed by atoms with van der Waals surface area (Å²) in [7, 11) is 0. The summed E-state index contributed by atoms with van der Waals surface area (Å²) in [6, 6.07) is -1.04. The van der Waals surface area contributed by atoms with Crippen LogP contribution < -0.4 is 69.3 Å². The van der Waals surface area contributed by atoms with Gasteiger partial charge in [-0.15, -0.1) is 0 Å². The van der Waals surface area contributed by atoms with Gasteiger partial charge in [-0.05, 0) is 25.2 Å². The van der Waals surface area contributed by atoms with Crippen molar-refractivity contribution in [3.63, 3.8) is 0 Å². The van der Waals surface area contributed by atoms with Gasteiger partial charge in [0.05, 0.1) is 17.9 Å². The van der Waals surface area contributed by atoms with Crippen LogP contribution in [-0.2, 0) is 9.59 Å². The number of aliphatic carboxylic acids is 1. The molecule has 0 aromatic rings. The van der Waals surface area contributed by atoms with Gasteiger partial charge in [0.25, 0.3) is 5.91 Å². The number of carbonyl (C=O) groups is 2. The van der Waals surface area contributed by atoms with E-state index in [9.17, 15) is 19.8 Å². The Hall–Kier alpha value is 0.0800. The van der Waals surface area contributed by atoms with Crippen molar-refractivity contribution < 1.29 is 84.0 Å². The number of carbonyl (C=O) groups excluding carboxylic acids is 1. The molecule has 21 heavy (non-hydrogen) atoms. The third-order valence-electron chi connectivity index (χ3n) is 3.15. The number of carboxylic acid groups (broad SMARTS) is 1. The van der Waals surface area contributed by atoms with Crippen molar-refractivity contribution in [2.45, 2.75) is 39.0 Å². The number of carboxylic acids is 1. The van der Waals surface area contributed by atoms with Gasteiger partial charge in [-0.25, -0.2) is 4.99 Å². The molecule has 2 unspecified atom stereocenters. The minimum Gasteiger partial charge on any atom is -0.861 e. The van der Waals surface area contributed by atoms with Gasteiger partial charge in [-0.1, -0.05) is 19.8 Å². The molecule has 0 radical (unpaired) electrons. The summed E-state index contributed by atoms with van der Waals surface area (Å²) in [6.45, 7) is 1.80. The van der Waals surface area contributed by atoms with Crippen LogP contribution in [0.4, 0.5) is 0 Å². The second-order valence-corrected chi connectivity index (χ2v) is 4.46. The largest absolute Gasteiger partial charge is 1.00 e. The molecular weight excluding hydrogens is 298 g/mol. The van der Waals surface area contributed by atoms with Crippen LogP contribution in [0.25, 0.3) is 0 Å². The van der Waals surface area contributed by atoms with Gasteiger partial charge in [0, 0.05) is 0 Å². The number of amides is 1. The summed E-state index contributed by atoms with van der Waals surface area (Å²) >= 11 is 0. The molecule has 1 aliphatic heterocycles. The molecule has 1 amide bonds. The monoisotopic (exact) mass is 314 g/mol. The van der Waals surface area contributed by atoms with Crippen LogP contribution in [0.15, 0.2) is 9.98 Å². The number of aliphatic imine (C=N–C) groups is 2. The normalized spacial score (nSPS) is 18.7. The summed E-state index contributed by atoms with van der Waals surface area (Å²) in [6.07, 6.45) is 2.46. The van der Waals surface area contributed by atoms with Crippen molar-refractivity contribution in [2.75, 3.05) is 0 Å². The van der Waals surface area contributed by atoms with Crippen LogP contribution >= 0.6 is 0 Å². The third-order valence-corrected chi connectivity index (χ3v) is 3.15. The average molecular weight is 314 g/mol. The molecule has 0 aliphatic carbocycles. The second kappa shape index (κ2) is 11.6. The zero-order valence-corrected chi connectivity index (χ0v) is 16.7. The number of unbranched alkanes of at least 4 members (excludes halogenated alkanes) is 1. The SMILES string of the molecule is CCC(CCCCC1C(=O)N=C([O-])N=C1[O-])C(=O)O.[Na+].[Na+]. The Labute approximate surface area is 167 Å². The zero-order valence-electron chi connectivity index (χ0n) is 12.7. The van der Waals surface area contributed by atoms with Crippen LogP contribution in [0.3, 0.4) is 0 Å². The molecule has 2 atom stereocenters. The van der Waals surface area contributed by atoms with E-state index in [1.807, 2.05) is 0 Å². The molecule has 0 aromatic heterocycles. The molecule has 0 aromatic carbocycles. The first kappa shape index (κ1) is 23.3. The maximum atomic E-state index is 11.3. The van der Waals surface area contributed by atoms with E-state index in [4.69, 9.17) is 5.11 Å². The van der Waals surface area contributed by atoms with Crippen molar-refractivity contribution in [3.8, 4) is 0 Å². The van der Waals surface area contributed by atoms with E-state index in [2.05, 4.69) is 9.98 Å². The van der Waals surface area contributed by atoms with Gasteiger partial charge in [0.1, 0.15) is 0 Å². The van der Waals surface area contributed by atoms with E-state index in [0.29, 0.717) is 25.7 Å². The van der Waals surface area contributed by atoms with Crippen molar-refractivity contribution in [1.29, 1.82) is 0 Å². The first-order valence-corrected chi connectivity index (χ1v) is 6.23. The molecule has 0 saturated carbocycles. The first-order chi connectivity index (χ1) is 8.95. The number of nitrogens with zero attached hydrogens (tertiary/aromatic N) is 2. The van der Waals surface area contributed by atoms with Gasteiger partial charge in [0.2, 0.25) is 0 Å². The van der Waals surface area contributed by atoms with Gasteiger partial charge in [-0.2, -0.15) is 0 Å². The van der Waals surface area contributed by atoms with Crippen LogP contribution in [0.2, 0.25) is 0 Å². The smallest absolute Gasteiger partial charge is 0.861 e. The molecule has 1 heterocycles. The quantitative estimate of drug-likeness (QED) is 0.369. The Bertz CT molecular complexity index is 426. The topological polar surface area (TPSA) is 125 Å². The summed E-state index contributed by atoms with van der Waals surface area (Å²) < 4.78 is 0. The van der Waals surface area contributed by atoms with Gasteiger partial charge in [0.15, 0.2) is 0 Å². The molecule has 0 bridgehead atoms. The van der Waals surface area contributed by atoms with E-state index >= 15 is 0 Å². The molecule has 9 heteroatoms. The van der Waals surface area contributed by atoms with Gasteiger partial charge in [-0.3, -0.25) is 14.6 Å². The van der Waals surface area contributed by atoms with E-state index in [0.717, 1.165) is 0 Å². The van der Waals surface area contributed by atoms with Crippen LogP contribution in [-0.4, -0.2) is 28.9 Å². The molecule has 1 aliphatic rings. The molecule has 1 N–H and O–H groups in total. The summed E-state index contributed by atoms with van der Waals surface area (Å²) in [4.78, 5) is 28.4. The van der Waals surface area contributed by atoms with Crippen molar-refractivity contribution >= 4 is 23.8 Å². The maximum absolute atomic E-state index is 11.3. The van der Waals surface area contributed by atoms with Crippen LogP contribution in [0, 0.1) is 11.8 Å². The molecule has 0 saturated heterocycles. The maximum Gasteiger partial charge on any atom is 1.00 e. The van der Waals surface area contributed by atoms with E-state index < -0.39 is 35.6 Å². The fourth-order valence-corrected chi connectivity index (χ4v) is 1.96. The van der Waals surface area contributed by atoms with E-state index in [1.165, 1.54) is 0 Å². The molecule has 7 nitrogen and oxygen atoms in total. The fraction of sp³-hybridized carbons (Fsp3) is 0.667. The predicted molar refractivity (Wildman–Crippen MR) is 63.3 cm³/mol. The van der Waals surface area contributed by atoms with Crippen molar-refractivity contribution in [1.82, 2.24) is 0 Å². The van der Waals surface area contributed by atoms with Gasteiger partial charge < -0.3 is 15.3 Å². The third kappa shape index (κ3) is 7.76. The van der Waals surface area contributed by atoms with Crippen LogP contribution in [0.5, 0.6) is 0 Å². The summed E-state index contributed by atoms with van der Waals surface area (Å²) in [5.74, 6) is -3.68. The van der Waals surface area contributed by atoms with Gasteiger partial charge >= 0.3 is 65.1 Å². The Morgan fingerprint density at radius 1 is 1.29 bits per heavy atom. The number of amidine groups is 1. The Morgan fingerprint density at radius 2 is 1.90 bits per heavy atom. The Balaban J connectivity index is 0. The number of hydrogen-bond acceptors (Lipinski definition) is 5. The minimum atomic E-state index is -1.04. The number of hydrogen-bond donors (Lipinski definition) is 1. The summed E-state index contributed by atoms with van der Waals surface area (Å²) in [5.41, 5.74) is 0. The predicted octanol–water partition coefficient (Wildman–Crippen LogP) is -6.70. The second-order valence-electron chi connectivity index (χ2n) is 4.46. The van der Waals surface area contributed by atoms with Crippen molar-refractivity contribution in [3.05, 3.63) is 0 Å². The Kier molecular flexibility index (Phi) is 12.9. The minimum absolute atomic E-state index is 0. The van der Waals surface area contributed by atoms with E-state index in [-0.39, 0.29) is 65.5 Å². The molecule has 0 fully saturated rings. The molecular formula is C12H16N2Na2O5. The fourth-order valence-electron chi connectivity index (χ4n) is 1.96. The zero-order chi connectivity index (χ0) is 14.4. The van der Waals surface area contributed by atoms with Crippen molar-refractivity contribution in [2.24, 2.45) is 21.8 Å². The molecule has 0 spiro atoms. The molecule has 106 valence electrons.